The second-order valence-electron chi connectivity index (χ2n) is 8.59. The molecule has 3 aromatic rings. The zero-order valence-corrected chi connectivity index (χ0v) is 20.9. The van der Waals surface area contributed by atoms with Crippen LogP contribution in [-0.2, 0) is 16.1 Å². The van der Waals surface area contributed by atoms with Crippen LogP contribution in [0.1, 0.15) is 34.3 Å². The predicted octanol–water partition coefficient (Wildman–Crippen LogP) is 6.18. The van der Waals surface area contributed by atoms with Crippen molar-refractivity contribution in [1.82, 2.24) is 0 Å². The molecule has 0 aliphatic rings. The molecule has 7 nitrogen and oxygen atoms in total. The van der Waals surface area contributed by atoms with Crippen molar-refractivity contribution in [3.05, 3.63) is 89.5 Å². The zero-order valence-electron chi connectivity index (χ0n) is 20.9. The first-order chi connectivity index (χ1) is 18.8. The second kappa shape index (κ2) is 13.0. The molecule has 0 aliphatic heterocycles. The summed E-state index contributed by atoms with van der Waals surface area (Å²) in [7, 11) is 0. The van der Waals surface area contributed by atoms with E-state index in [0.29, 0.717) is 22.5 Å². The number of ether oxygens (including phenoxy) is 3. The quantitative estimate of drug-likeness (QED) is 0.0714. The van der Waals surface area contributed by atoms with E-state index in [2.05, 4.69) is 0 Å². The fraction of sp³-hybridized carbons (Fsp3) is 0.214. The molecular weight excluding hydrogens is 539 g/mol. The highest BCUT2D eigenvalue weighted by Crippen LogP contribution is 2.38. The molecule has 0 spiro atoms. The number of carbonyl (C=O) groups is 2. The Bertz CT molecular complexity index is 1320. The molecule has 12 heteroatoms. The Hall–Kier alpha value is -4.61. The molecule has 3 rings (SSSR count). The molecule has 0 aromatic heterocycles. The van der Waals surface area contributed by atoms with E-state index in [1.165, 1.54) is 48.6 Å². The van der Waals surface area contributed by atoms with Crippen molar-refractivity contribution in [2.45, 2.75) is 31.5 Å². The van der Waals surface area contributed by atoms with Crippen LogP contribution in [0, 0.1) is 0 Å². The molecular formula is C28H25F5N2O5. The zero-order chi connectivity index (χ0) is 29.3. The van der Waals surface area contributed by atoms with E-state index in [1.807, 2.05) is 0 Å². The molecule has 0 atom stereocenters. The van der Waals surface area contributed by atoms with Crippen LogP contribution in [0.25, 0.3) is 6.08 Å². The molecule has 0 heterocycles. The highest BCUT2D eigenvalue weighted by molar-refractivity contribution is 5.91. The van der Waals surface area contributed by atoms with Gasteiger partial charge in [0.1, 0.15) is 18.1 Å². The molecule has 0 saturated heterocycles. The number of carbonyl (C=O) groups excluding carboxylic acids is 2. The number of benzene rings is 3. The van der Waals surface area contributed by atoms with Crippen LogP contribution in [0.2, 0.25) is 0 Å². The molecule has 0 saturated carbocycles. The van der Waals surface area contributed by atoms with Gasteiger partial charge in [0.2, 0.25) is 0 Å². The van der Waals surface area contributed by atoms with Gasteiger partial charge in [0.25, 0.3) is 0 Å². The highest BCUT2D eigenvalue weighted by atomic mass is 19.4. The van der Waals surface area contributed by atoms with E-state index < -0.39 is 36.9 Å². The number of halogens is 5. The van der Waals surface area contributed by atoms with Crippen LogP contribution < -0.4 is 20.9 Å². The Morgan fingerprint density at radius 2 is 1.43 bits per heavy atom. The van der Waals surface area contributed by atoms with Crippen molar-refractivity contribution < 1.29 is 45.8 Å². The van der Waals surface area contributed by atoms with Crippen LogP contribution in [0.4, 0.5) is 33.3 Å². The SMILES string of the molecule is Nc1cc(N)cc(COC(=O)/C=C/c2ccc(OC(=O)c3ccc(OCCCC(F)(F)C(F)(F)F)cc3)cc2)c1. The fourth-order valence-corrected chi connectivity index (χ4v) is 3.32. The summed E-state index contributed by atoms with van der Waals surface area (Å²) in [6.45, 7) is -0.355. The molecule has 212 valence electrons. The minimum atomic E-state index is -5.60. The van der Waals surface area contributed by atoms with E-state index in [1.54, 1.807) is 30.3 Å². The first-order valence-electron chi connectivity index (χ1n) is 11.8. The largest absolute Gasteiger partial charge is 0.494 e. The van der Waals surface area contributed by atoms with Gasteiger partial charge in [-0.3, -0.25) is 0 Å². The summed E-state index contributed by atoms with van der Waals surface area (Å²) < 4.78 is 78.0. The van der Waals surface area contributed by atoms with Crippen LogP contribution in [0.5, 0.6) is 11.5 Å². The summed E-state index contributed by atoms with van der Waals surface area (Å²) in [6.07, 6.45) is -4.75. The van der Waals surface area contributed by atoms with E-state index in [-0.39, 0.29) is 30.3 Å². The Labute approximate surface area is 226 Å². The van der Waals surface area contributed by atoms with Crippen LogP contribution in [0.3, 0.4) is 0 Å². The third-order valence-electron chi connectivity index (χ3n) is 5.33. The standard InChI is InChI=1S/C28H25F5N2O5/c29-27(30,28(31,32)33)12-1-13-38-23-9-5-20(6-10-23)26(37)40-24-7-2-18(3-8-24)4-11-25(36)39-17-19-14-21(34)16-22(35)15-19/h2-11,14-16H,1,12-13,17,34-35H2/b11-4+. The van der Waals surface area contributed by atoms with E-state index in [0.717, 1.165) is 0 Å². The van der Waals surface area contributed by atoms with Crippen LogP contribution in [-0.4, -0.2) is 30.6 Å². The van der Waals surface area contributed by atoms with E-state index in [4.69, 9.17) is 25.7 Å². The smallest absolute Gasteiger partial charge is 0.453 e. The van der Waals surface area contributed by atoms with Gasteiger partial charge in [-0.05, 0) is 78.2 Å². The van der Waals surface area contributed by atoms with Crippen LogP contribution in [0.15, 0.2) is 72.8 Å². The number of nitrogen functional groups attached to an aromatic ring is 2. The average Bonchev–Trinajstić information content (AvgIpc) is 2.88. The molecule has 0 amide bonds. The Kier molecular flexibility index (Phi) is 9.70. The first-order valence-corrected chi connectivity index (χ1v) is 11.8. The van der Waals surface area contributed by atoms with Gasteiger partial charge in [-0.2, -0.15) is 22.0 Å². The lowest BCUT2D eigenvalue weighted by molar-refractivity contribution is -0.284. The van der Waals surface area contributed by atoms with Gasteiger partial charge in [0, 0.05) is 23.9 Å². The van der Waals surface area contributed by atoms with Gasteiger partial charge in [-0.15, -0.1) is 0 Å². The summed E-state index contributed by atoms with van der Waals surface area (Å²) in [5, 5.41) is 0. The third kappa shape index (κ3) is 9.00. The maximum Gasteiger partial charge on any atom is 0.453 e. The normalized spacial score (nSPS) is 11.8. The first kappa shape index (κ1) is 29.9. The number of alkyl halides is 5. The summed E-state index contributed by atoms with van der Waals surface area (Å²) in [5.41, 5.74) is 13.8. The molecule has 0 bridgehead atoms. The summed E-state index contributed by atoms with van der Waals surface area (Å²) in [6, 6.07) is 16.6. The van der Waals surface area contributed by atoms with E-state index >= 15 is 0 Å². The predicted molar refractivity (Wildman–Crippen MR) is 138 cm³/mol. The van der Waals surface area contributed by atoms with Crippen LogP contribution >= 0.6 is 0 Å². The van der Waals surface area contributed by atoms with Gasteiger partial charge in [-0.1, -0.05) is 12.1 Å². The van der Waals surface area contributed by atoms with Crippen molar-refractivity contribution in [1.29, 1.82) is 0 Å². The maximum atomic E-state index is 12.9. The lowest BCUT2D eigenvalue weighted by Gasteiger charge is -2.19. The molecule has 40 heavy (non-hydrogen) atoms. The lowest BCUT2D eigenvalue weighted by atomic mass is 10.2. The summed E-state index contributed by atoms with van der Waals surface area (Å²) in [5.74, 6) is -5.62. The number of anilines is 2. The van der Waals surface area contributed by atoms with Crippen molar-refractivity contribution in [3.8, 4) is 11.5 Å². The number of nitrogens with two attached hydrogens (primary N) is 2. The maximum absolute atomic E-state index is 12.9. The molecule has 0 radical (unpaired) electrons. The third-order valence-corrected chi connectivity index (χ3v) is 5.33. The molecule has 4 N–H and O–H groups in total. The fourth-order valence-electron chi connectivity index (χ4n) is 3.32. The lowest BCUT2D eigenvalue weighted by Crippen LogP contribution is -2.36. The van der Waals surface area contributed by atoms with Crippen molar-refractivity contribution in [2.24, 2.45) is 0 Å². The van der Waals surface area contributed by atoms with Gasteiger partial charge >= 0.3 is 24.0 Å². The number of hydrogen-bond donors (Lipinski definition) is 2. The molecule has 0 aliphatic carbocycles. The monoisotopic (exact) mass is 564 g/mol. The van der Waals surface area contributed by atoms with Crippen molar-refractivity contribution >= 4 is 29.4 Å². The second-order valence-corrected chi connectivity index (χ2v) is 8.59. The van der Waals surface area contributed by atoms with Crippen molar-refractivity contribution in [2.75, 3.05) is 18.1 Å². The van der Waals surface area contributed by atoms with Gasteiger partial charge in [0.05, 0.1) is 12.2 Å². The van der Waals surface area contributed by atoms with Crippen molar-refractivity contribution in [3.63, 3.8) is 0 Å². The number of hydrogen-bond acceptors (Lipinski definition) is 7. The minimum absolute atomic E-state index is 0.00127. The Morgan fingerprint density at radius 1 is 0.825 bits per heavy atom. The Balaban J connectivity index is 1.44. The molecule has 0 unspecified atom stereocenters. The summed E-state index contributed by atoms with van der Waals surface area (Å²) >= 11 is 0. The summed E-state index contributed by atoms with van der Waals surface area (Å²) in [4.78, 5) is 24.4. The van der Waals surface area contributed by atoms with Gasteiger partial charge < -0.3 is 25.7 Å². The topological polar surface area (TPSA) is 114 Å². The Morgan fingerprint density at radius 3 is 2.02 bits per heavy atom. The van der Waals surface area contributed by atoms with E-state index in [9.17, 15) is 31.5 Å². The minimum Gasteiger partial charge on any atom is -0.494 e. The average molecular weight is 565 g/mol. The number of esters is 2. The highest BCUT2D eigenvalue weighted by Gasteiger charge is 2.56. The van der Waals surface area contributed by atoms with Gasteiger partial charge in [-0.25, -0.2) is 9.59 Å². The molecule has 0 fully saturated rings. The van der Waals surface area contributed by atoms with Gasteiger partial charge in [0.15, 0.2) is 0 Å². The molecule has 3 aromatic carbocycles. The number of rotatable bonds is 11.